The summed E-state index contributed by atoms with van der Waals surface area (Å²) < 4.78 is 23.0. The van der Waals surface area contributed by atoms with Crippen LogP contribution < -0.4 is 0 Å². The van der Waals surface area contributed by atoms with Crippen LogP contribution in [0.4, 0.5) is 0 Å². The van der Waals surface area contributed by atoms with E-state index in [1.807, 2.05) is 0 Å². The van der Waals surface area contributed by atoms with E-state index in [-0.39, 0.29) is 11.5 Å². The first-order valence-corrected chi connectivity index (χ1v) is 6.72. The molecule has 0 spiro atoms. The van der Waals surface area contributed by atoms with Crippen LogP contribution in [-0.4, -0.2) is 25.4 Å². The fourth-order valence-corrected chi connectivity index (χ4v) is 3.06. The Balaban J connectivity index is 2.78. The van der Waals surface area contributed by atoms with Gasteiger partial charge in [0.05, 0.1) is 17.6 Å². The lowest BCUT2D eigenvalue weighted by atomic mass is 10.2. The predicted octanol–water partition coefficient (Wildman–Crippen LogP) is 1.64. The smallest absolute Gasteiger partial charge is 0.156 e. The second-order valence-electron chi connectivity index (χ2n) is 3.53. The van der Waals surface area contributed by atoms with Gasteiger partial charge in [-0.25, -0.2) is 8.42 Å². The molecule has 0 radical (unpaired) electrons. The van der Waals surface area contributed by atoms with E-state index in [1.54, 1.807) is 24.3 Å². The van der Waals surface area contributed by atoms with Crippen molar-refractivity contribution in [2.24, 2.45) is 0 Å². The second-order valence-corrected chi connectivity index (χ2v) is 6.08. The first-order chi connectivity index (χ1) is 6.89. The maximum atomic E-state index is 11.5. The summed E-state index contributed by atoms with van der Waals surface area (Å²) in [5.41, 5.74) is 0.642. The Bertz CT molecular complexity index is 426. The van der Waals surface area contributed by atoms with Crippen LogP contribution in [0.25, 0.3) is 0 Å². The molecule has 5 heteroatoms. The lowest BCUT2D eigenvalue weighted by molar-refractivity contribution is 0.218. The quantitative estimate of drug-likeness (QED) is 0.881. The average Bonchev–Trinajstić information content (AvgIpc) is 1.99. The molecule has 0 aliphatic rings. The highest BCUT2D eigenvalue weighted by Crippen LogP contribution is 2.13. The van der Waals surface area contributed by atoms with Crippen LogP contribution in [0.3, 0.4) is 0 Å². The van der Waals surface area contributed by atoms with Crippen LogP contribution in [0.1, 0.15) is 12.5 Å². The lowest BCUT2D eigenvalue weighted by Gasteiger charge is -2.06. The first-order valence-electron chi connectivity index (χ1n) is 4.52. The molecule has 0 unspecified atom stereocenters. The average molecular weight is 249 g/mol. The molecule has 0 saturated carbocycles. The minimum atomic E-state index is -3.26. The summed E-state index contributed by atoms with van der Waals surface area (Å²) >= 11 is 5.74. The van der Waals surface area contributed by atoms with E-state index >= 15 is 0 Å². The van der Waals surface area contributed by atoms with Crippen molar-refractivity contribution in [3.63, 3.8) is 0 Å². The van der Waals surface area contributed by atoms with Crippen molar-refractivity contribution in [1.29, 1.82) is 0 Å². The van der Waals surface area contributed by atoms with Gasteiger partial charge in [-0.15, -0.1) is 0 Å². The molecule has 0 aromatic heterocycles. The van der Waals surface area contributed by atoms with Gasteiger partial charge in [-0.2, -0.15) is 0 Å². The fourth-order valence-electron chi connectivity index (χ4n) is 1.31. The van der Waals surface area contributed by atoms with Crippen molar-refractivity contribution in [3.05, 3.63) is 34.9 Å². The van der Waals surface area contributed by atoms with Crippen LogP contribution >= 0.6 is 11.6 Å². The van der Waals surface area contributed by atoms with Gasteiger partial charge in [0.1, 0.15) is 0 Å². The molecule has 0 aliphatic carbocycles. The highest BCUT2D eigenvalue weighted by molar-refractivity contribution is 7.90. The molecule has 84 valence electrons. The number of hydrogen-bond acceptors (Lipinski definition) is 3. The summed E-state index contributed by atoms with van der Waals surface area (Å²) in [7, 11) is -3.26. The maximum absolute atomic E-state index is 11.5. The standard InChI is InChI=1S/C10H13ClO3S/c1-8(12)6-15(13,14)7-9-3-2-4-10(11)5-9/h2-5,8,12H,6-7H2,1H3/t8-/m1/s1. The van der Waals surface area contributed by atoms with Crippen LogP contribution in [0.2, 0.25) is 5.02 Å². The summed E-state index contributed by atoms with van der Waals surface area (Å²) in [6.07, 6.45) is -0.839. The molecule has 1 atom stereocenters. The fraction of sp³-hybridized carbons (Fsp3) is 0.400. The Labute approximate surface area is 94.6 Å². The lowest BCUT2D eigenvalue weighted by Crippen LogP contribution is -2.19. The summed E-state index contributed by atoms with van der Waals surface area (Å²) in [4.78, 5) is 0. The van der Waals surface area contributed by atoms with E-state index in [4.69, 9.17) is 16.7 Å². The molecule has 0 saturated heterocycles. The van der Waals surface area contributed by atoms with E-state index in [0.29, 0.717) is 10.6 Å². The third-order valence-corrected chi connectivity index (χ3v) is 3.77. The molecule has 1 N–H and O–H groups in total. The minimum Gasteiger partial charge on any atom is -0.392 e. The molecule has 0 amide bonds. The van der Waals surface area contributed by atoms with Crippen LogP contribution in [0.5, 0.6) is 0 Å². The number of rotatable bonds is 4. The molecule has 15 heavy (non-hydrogen) atoms. The Hall–Kier alpha value is -0.580. The van der Waals surface area contributed by atoms with E-state index in [1.165, 1.54) is 6.92 Å². The SMILES string of the molecule is C[C@@H](O)CS(=O)(=O)Cc1cccc(Cl)c1. The van der Waals surface area contributed by atoms with E-state index < -0.39 is 15.9 Å². The third-order valence-electron chi connectivity index (χ3n) is 1.77. The van der Waals surface area contributed by atoms with Crippen molar-refractivity contribution in [2.45, 2.75) is 18.8 Å². The van der Waals surface area contributed by atoms with Gasteiger partial charge in [-0.3, -0.25) is 0 Å². The van der Waals surface area contributed by atoms with Crippen molar-refractivity contribution < 1.29 is 13.5 Å². The number of benzene rings is 1. The summed E-state index contributed by atoms with van der Waals surface area (Å²) in [6, 6.07) is 6.70. The van der Waals surface area contributed by atoms with Crippen LogP contribution in [-0.2, 0) is 15.6 Å². The van der Waals surface area contributed by atoms with Crippen LogP contribution in [0.15, 0.2) is 24.3 Å². The third kappa shape index (κ3) is 4.64. The van der Waals surface area contributed by atoms with Crippen molar-refractivity contribution >= 4 is 21.4 Å². The molecule has 1 aromatic rings. The largest absolute Gasteiger partial charge is 0.392 e. The molecular weight excluding hydrogens is 236 g/mol. The normalized spacial score (nSPS) is 13.8. The van der Waals surface area contributed by atoms with E-state index in [0.717, 1.165) is 0 Å². The van der Waals surface area contributed by atoms with Crippen molar-refractivity contribution in [2.75, 3.05) is 5.75 Å². The minimum absolute atomic E-state index is 0.0849. The zero-order valence-electron chi connectivity index (χ0n) is 8.35. The Morgan fingerprint density at radius 3 is 2.67 bits per heavy atom. The van der Waals surface area contributed by atoms with Gasteiger partial charge in [-0.05, 0) is 24.6 Å². The Morgan fingerprint density at radius 2 is 2.13 bits per heavy atom. The zero-order valence-corrected chi connectivity index (χ0v) is 9.92. The summed E-state index contributed by atoms with van der Waals surface area (Å²) in [5.74, 6) is -0.308. The predicted molar refractivity (Wildman–Crippen MR) is 60.6 cm³/mol. The molecule has 1 rings (SSSR count). The topological polar surface area (TPSA) is 54.4 Å². The molecule has 0 aliphatic heterocycles. The molecular formula is C10H13ClO3S. The molecule has 1 aromatic carbocycles. The molecule has 0 fully saturated rings. The number of sulfone groups is 1. The Kier molecular flexibility index (Phi) is 4.13. The highest BCUT2D eigenvalue weighted by Gasteiger charge is 2.14. The number of halogens is 1. The second kappa shape index (κ2) is 4.96. The molecule has 0 bridgehead atoms. The van der Waals surface area contributed by atoms with Gasteiger partial charge < -0.3 is 5.11 Å². The summed E-state index contributed by atoms with van der Waals surface area (Å²) in [6.45, 7) is 1.45. The summed E-state index contributed by atoms with van der Waals surface area (Å²) in [5, 5.41) is 9.53. The Morgan fingerprint density at radius 1 is 1.47 bits per heavy atom. The number of hydrogen-bond donors (Lipinski definition) is 1. The highest BCUT2D eigenvalue weighted by atomic mass is 35.5. The maximum Gasteiger partial charge on any atom is 0.156 e. The molecule has 3 nitrogen and oxygen atoms in total. The van der Waals surface area contributed by atoms with Gasteiger partial charge >= 0.3 is 0 Å². The van der Waals surface area contributed by atoms with E-state index in [2.05, 4.69) is 0 Å². The van der Waals surface area contributed by atoms with Gasteiger partial charge in [0.25, 0.3) is 0 Å². The van der Waals surface area contributed by atoms with Crippen molar-refractivity contribution in [1.82, 2.24) is 0 Å². The monoisotopic (exact) mass is 248 g/mol. The van der Waals surface area contributed by atoms with Crippen molar-refractivity contribution in [3.8, 4) is 0 Å². The number of aliphatic hydroxyl groups is 1. The molecule has 0 heterocycles. The zero-order chi connectivity index (χ0) is 11.5. The number of aliphatic hydroxyl groups excluding tert-OH is 1. The van der Waals surface area contributed by atoms with Gasteiger partial charge in [0.2, 0.25) is 0 Å². The van der Waals surface area contributed by atoms with Gasteiger partial charge in [-0.1, -0.05) is 23.7 Å². The van der Waals surface area contributed by atoms with E-state index in [9.17, 15) is 8.42 Å². The van der Waals surface area contributed by atoms with Gasteiger partial charge in [0, 0.05) is 5.02 Å². The first kappa shape index (κ1) is 12.5. The van der Waals surface area contributed by atoms with Crippen LogP contribution in [0, 0.1) is 0 Å². The van der Waals surface area contributed by atoms with Gasteiger partial charge in [0.15, 0.2) is 9.84 Å².